The van der Waals surface area contributed by atoms with Crippen molar-refractivity contribution in [1.82, 2.24) is 9.55 Å². The average molecular weight is 486 g/mol. The molecule has 33 heavy (non-hydrogen) atoms. The number of non-ortho nitro benzene ring substituents is 1. The van der Waals surface area contributed by atoms with Crippen molar-refractivity contribution in [2.24, 2.45) is 7.05 Å². The number of thioether (sulfide) groups is 1. The maximum absolute atomic E-state index is 13.3. The molecule has 0 aliphatic carbocycles. The third-order valence-corrected chi connectivity index (χ3v) is 7.22. The van der Waals surface area contributed by atoms with Crippen molar-refractivity contribution in [3.8, 4) is 16.9 Å². The SMILES string of the molecule is Cn1c(SCc2cc([N+](=O)[O-])cc3c2OCOC3)nc2scc(-c3ccc(F)cc3)c2c1=O. The summed E-state index contributed by atoms with van der Waals surface area (Å²) in [6, 6.07) is 8.90. The van der Waals surface area contributed by atoms with Gasteiger partial charge in [0.2, 0.25) is 0 Å². The number of hydrogen-bond acceptors (Lipinski definition) is 8. The maximum atomic E-state index is 13.3. The van der Waals surface area contributed by atoms with Crippen molar-refractivity contribution in [3.05, 3.63) is 79.2 Å². The Morgan fingerprint density at radius 1 is 1.30 bits per heavy atom. The predicted molar refractivity (Wildman–Crippen MR) is 123 cm³/mol. The molecular formula is C22H16FN3O5S2. The Hall–Kier alpha value is -3.28. The number of nitro benzene ring substituents is 1. The molecule has 0 spiro atoms. The van der Waals surface area contributed by atoms with Gasteiger partial charge in [-0.3, -0.25) is 19.5 Å². The molecule has 5 rings (SSSR count). The van der Waals surface area contributed by atoms with Crippen LogP contribution >= 0.6 is 23.1 Å². The third-order valence-electron chi connectivity index (χ3n) is 5.27. The fourth-order valence-electron chi connectivity index (χ4n) is 3.66. The summed E-state index contributed by atoms with van der Waals surface area (Å²) in [6.07, 6.45) is 0. The Labute approximate surface area is 194 Å². The van der Waals surface area contributed by atoms with Crippen molar-refractivity contribution in [2.75, 3.05) is 6.79 Å². The molecule has 0 bridgehead atoms. The highest BCUT2D eigenvalue weighted by Crippen LogP contribution is 2.37. The highest BCUT2D eigenvalue weighted by molar-refractivity contribution is 7.98. The summed E-state index contributed by atoms with van der Waals surface area (Å²) < 4.78 is 25.6. The largest absolute Gasteiger partial charge is 0.467 e. The van der Waals surface area contributed by atoms with Crippen LogP contribution in [0, 0.1) is 15.9 Å². The number of nitrogens with zero attached hydrogens (tertiary/aromatic N) is 3. The molecule has 0 fully saturated rings. The molecule has 1 aliphatic heterocycles. The van der Waals surface area contributed by atoms with Gasteiger partial charge in [-0.25, -0.2) is 9.37 Å². The van der Waals surface area contributed by atoms with Gasteiger partial charge in [0.25, 0.3) is 11.2 Å². The molecule has 0 amide bonds. The van der Waals surface area contributed by atoms with Gasteiger partial charge in [-0.05, 0) is 17.7 Å². The zero-order chi connectivity index (χ0) is 23.1. The molecule has 0 saturated heterocycles. The zero-order valence-corrected chi connectivity index (χ0v) is 18.9. The highest BCUT2D eigenvalue weighted by Gasteiger charge is 2.22. The van der Waals surface area contributed by atoms with Crippen molar-refractivity contribution in [1.29, 1.82) is 0 Å². The van der Waals surface area contributed by atoms with Crippen molar-refractivity contribution in [2.45, 2.75) is 17.5 Å². The van der Waals surface area contributed by atoms with Crippen LogP contribution in [-0.4, -0.2) is 21.3 Å². The topological polar surface area (TPSA) is 96.5 Å². The van der Waals surface area contributed by atoms with Crippen molar-refractivity contribution < 1.29 is 18.8 Å². The molecule has 168 valence electrons. The summed E-state index contributed by atoms with van der Waals surface area (Å²) >= 11 is 2.63. The van der Waals surface area contributed by atoms with Gasteiger partial charge in [-0.1, -0.05) is 23.9 Å². The monoisotopic (exact) mass is 485 g/mol. The van der Waals surface area contributed by atoms with E-state index in [1.165, 1.54) is 51.9 Å². The molecule has 2 aromatic carbocycles. The number of nitro groups is 1. The number of aromatic nitrogens is 2. The van der Waals surface area contributed by atoms with E-state index in [1.54, 1.807) is 19.2 Å². The standard InChI is InChI=1S/C22H16FN3O5S2/c1-25-21(27)18-17(12-2-4-15(23)5-3-12)10-32-20(18)24-22(25)33-9-14-7-16(26(28)29)6-13-8-30-11-31-19(13)14/h2-7,10H,8-9,11H2,1H3. The number of ether oxygens (including phenoxy) is 2. The smallest absolute Gasteiger partial charge is 0.270 e. The van der Waals surface area contributed by atoms with Crippen LogP contribution in [0.1, 0.15) is 11.1 Å². The van der Waals surface area contributed by atoms with Gasteiger partial charge in [0.05, 0.1) is 16.9 Å². The van der Waals surface area contributed by atoms with Gasteiger partial charge in [-0.2, -0.15) is 0 Å². The number of rotatable bonds is 5. The lowest BCUT2D eigenvalue weighted by atomic mass is 10.1. The van der Waals surface area contributed by atoms with Gasteiger partial charge in [0.15, 0.2) is 11.9 Å². The van der Waals surface area contributed by atoms with Gasteiger partial charge >= 0.3 is 0 Å². The average Bonchev–Trinajstić information content (AvgIpc) is 3.24. The second-order valence-electron chi connectivity index (χ2n) is 7.34. The second kappa shape index (κ2) is 8.58. The van der Waals surface area contributed by atoms with Gasteiger partial charge in [-0.15, -0.1) is 11.3 Å². The van der Waals surface area contributed by atoms with E-state index in [2.05, 4.69) is 4.98 Å². The summed E-state index contributed by atoms with van der Waals surface area (Å²) in [6.45, 7) is 0.311. The van der Waals surface area contributed by atoms with Crippen LogP contribution in [0.15, 0.2) is 51.7 Å². The van der Waals surface area contributed by atoms with Crippen molar-refractivity contribution in [3.63, 3.8) is 0 Å². The Kier molecular flexibility index (Phi) is 5.60. The van der Waals surface area contributed by atoms with E-state index in [0.29, 0.717) is 43.6 Å². The number of hydrogen-bond donors (Lipinski definition) is 0. The minimum atomic E-state index is -0.453. The zero-order valence-electron chi connectivity index (χ0n) is 17.2. The van der Waals surface area contributed by atoms with Crippen molar-refractivity contribution >= 4 is 39.0 Å². The molecule has 0 radical (unpaired) electrons. The molecule has 1 aliphatic rings. The lowest BCUT2D eigenvalue weighted by Crippen LogP contribution is -2.19. The predicted octanol–water partition coefficient (Wildman–Crippen LogP) is 4.87. The molecule has 0 saturated carbocycles. The first-order valence-corrected chi connectivity index (χ1v) is 11.7. The van der Waals surface area contributed by atoms with Crippen LogP contribution in [0.2, 0.25) is 0 Å². The van der Waals surface area contributed by atoms with Crippen LogP contribution in [0.25, 0.3) is 21.3 Å². The van der Waals surface area contributed by atoms with Gasteiger partial charge in [0.1, 0.15) is 16.4 Å². The molecule has 0 N–H and O–H groups in total. The van der Waals surface area contributed by atoms with Gasteiger partial charge < -0.3 is 9.47 Å². The summed E-state index contributed by atoms with van der Waals surface area (Å²) in [7, 11) is 1.64. The Morgan fingerprint density at radius 3 is 2.85 bits per heavy atom. The normalized spacial score (nSPS) is 13.0. The molecule has 8 nitrogen and oxygen atoms in total. The Balaban J connectivity index is 1.50. The van der Waals surface area contributed by atoms with E-state index in [1.807, 2.05) is 5.38 Å². The second-order valence-corrected chi connectivity index (χ2v) is 9.15. The Bertz CT molecular complexity index is 1450. The number of fused-ring (bicyclic) bond motifs is 2. The number of thiophene rings is 1. The van der Waals surface area contributed by atoms with Crippen LogP contribution in [0.4, 0.5) is 10.1 Å². The summed E-state index contributed by atoms with van der Waals surface area (Å²) in [5, 5.41) is 14.1. The quantitative estimate of drug-likeness (QED) is 0.172. The minimum Gasteiger partial charge on any atom is -0.467 e. The first-order chi connectivity index (χ1) is 15.9. The lowest BCUT2D eigenvalue weighted by molar-refractivity contribution is -0.385. The van der Waals surface area contributed by atoms with E-state index in [9.17, 15) is 19.3 Å². The molecule has 3 heterocycles. The highest BCUT2D eigenvalue weighted by atomic mass is 32.2. The fraction of sp³-hybridized carbons (Fsp3) is 0.182. The van der Waals surface area contributed by atoms with Crippen LogP contribution in [0.3, 0.4) is 0 Å². The summed E-state index contributed by atoms with van der Waals surface area (Å²) in [5.74, 6) is 0.549. The maximum Gasteiger partial charge on any atom is 0.270 e. The van der Waals surface area contributed by atoms with Crippen LogP contribution in [-0.2, 0) is 24.1 Å². The van der Waals surface area contributed by atoms with E-state index < -0.39 is 4.92 Å². The van der Waals surface area contributed by atoms with E-state index >= 15 is 0 Å². The third kappa shape index (κ3) is 3.99. The summed E-state index contributed by atoms with van der Waals surface area (Å²) in [4.78, 5) is 29.3. The molecule has 0 atom stereocenters. The number of halogens is 1. The molecule has 2 aromatic heterocycles. The van der Waals surface area contributed by atoms with Crippen LogP contribution in [0.5, 0.6) is 5.75 Å². The minimum absolute atomic E-state index is 0.0436. The lowest BCUT2D eigenvalue weighted by Gasteiger charge is -2.20. The molecular weight excluding hydrogens is 469 g/mol. The van der Waals surface area contributed by atoms with Crippen LogP contribution < -0.4 is 10.3 Å². The first kappa shape index (κ1) is 21.6. The van der Waals surface area contributed by atoms with E-state index in [-0.39, 0.29) is 30.5 Å². The molecule has 0 unspecified atom stereocenters. The Morgan fingerprint density at radius 2 is 2.09 bits per heavy atom. The first-order valence-electron chi connectivity index (χ1n) is 9.80. The van der Waals surface area contributed by atoms with Gasteiger partial charge in [0, 0.05) is 47.0 Å². The van der Waals surface area contributed by atoms with E-state index in [0.717, 1.165) is 5.56 Å². The number of benzene rings is 2. The molecule has 11 heteroatoms. The molecule has 4 aromatic rings. The van der Waals surface area contributed by atoms with E-state index in [4.69, 9.17) is 9.47 Å². The fourth-order valence-corrected chi connectivity index (χ4v) is 5.59. The summed E-state index contributed by atoms with van der Waals surface area (Å²) in [5.41, 5.74) is 2.45.